The maximum Gasteiger partial charge on any atom is -0.0167 e. The van der Waals surface area contributed by atoms with Gasteiger partial charge in [-0.2, -0.15) is 0 Å². The van der Waals surface area contributed by atoms with Crippen LogP contribution in [0.5, 0.6) is 0 Å². The second kappa shape index (κ2) is 6.64. The molecule has 1 atom stereocenters. The van der Waals surface area contributed by atoms with E-state index in [9.17, 15) is 0 Å². The van der Waals surface area contributed by atoms with Crippen molar-refractivity contribution in [3.8, 4) is 0 Å². The molecule has 0 heterocycles. The highest BCUT2D eigenvalue weighted by atomic mass is 14.1. The van der Waals surface area contributed by atoms with Gasteiger partial charge in [-0.25, -0.2) is 0 Å². The first-order valence-electron chi connectivity index (χ1n) is 5.68. The summed E-state index contributed by atoms with van der Waals surface area (Å²) in [7, 11) is 0. The van der Waals surface area contributed by atoms with Crippen molar-refractivity contribution in [3.05, 3.63) is 35.4 Å². The molecule has 0 aromatic heterocycles. The van der Waals surface area contributed by atoms with E-state index in [4.69, 9.17) is 0 Å². The molecule has 0 aliphatic heterocycles. The minimum atomic E-state index is 0.672. The average Bonchev–Trinajstić information content (AvgIpc) is 2.21. The normalized spacial score (nSPS) is 11.9. The molecule has 14 heavy (non-hydrogen) atoms. The third kappa shape index (κ3) is 3.95. The van der Waals surface area contributed by atoms with Gasteiger partial charge in [0.2, 0.25) is 0 Å². The van der Waals surface area contributed by atoms with Crippen LogP contribution in [0.4, 0.5) is 0 Å². The molecule has 0 fully saturated rings. The molecule has 0 N–H and O–H groups in total. The Bertz CT molecular complexity index is 231. The molecule has 0 amide bonds. The Balaban J connectivity index is 0.000000791. The van der Waals surface area contributed by atoms with Crippen LogP contribution >= 0.6 is 0 Å². The molecule has 0 heteroatoms. The lowest BCUT2D eigenvalue weighted by Crippen LogP contribution is -2.01. The van der Waals surface area contributed by atoms with E-state index in [0.29, 0.717) is 5.92 Å². The first kappa shape index (κ1) is 13.2. The highest BCUT2D eigenvalue weighted by molar-refractivity contribution is 5.24. The van der Waals surface area contributed by atoms with E-state index in [0.717, 1.165) is 5.92 Å². The molecule has 0 nitrogen and oxygen atoms in total. The van der Waals surface area contributed by atoms with Crippen molar-refractivity contribution in [2.75, 3.05) is 0 Å². The van der Waals surface area contributed by atoms with Gasteiger partial charge in [0.25, 0.3) is 0 Å². The van der Waals surface area contributed by atoms with Crippen LogP contribution in [0, 0.1) is 12.8 Å². The number of benzene rings is 1. The monoisotopic (exact) mass is 192 g/mol. The van der Waals surface area contributed by atoms with Crippen molar-refractivity contribution in [3.63, 3.8) is 0 Å². The summed E-state index contributed by atoms with van der Waals surface area (Å²) in [6.07, 6.45) is 0. The zero-order valence-corrected chi connectivity index (χ0v) is 10.5. The quantitative estimate of drug-likeness (QED) is 0.632. The molecule has 1 aromatic rings. The zero-order valence-electron chi connectivity index (χ0n) is 10.5. The van der Waals surface area contributed by atoms with Gasteiger partial charge in [-0.1, -0.05) is 64.4 Å². The van der Waals surface area contributed by atoms with Crippen LogP contribution in [0.2, 0.25) is 0 Å². The van der Waals surface area contributed by atoms with Crippen LogP contribution in [-0.2, 0) is 0 Å². The molecule has 0 saturated heterocycles. The van der Waals surface area contributed by atoms with Gasteiger partial charge < -0.3 is 0 Å². The molecular formula is C14H24. The number of aryl methyl sites for hydroxylation is 1. The lowest BCUT2D eigenvalue weighted by molar-refractivity contribution is 0.535. The van der Waals surface area contributed by atoms with Crippen molar-refractivity contribution in [2.24, 2.45) is 5.92 Å². The minimum Gasteiger partial charge on any atom is -0.0683 e. The summed E-state index contributed by atoms with van der Waals surface area (Å²) in [6, 6.07) is 8.85. The topological polar surface area (TPSA) is 0 Å². The summed E-state index contributed by atoms with van der Waals surface area (Å²) < 4.78 is 0. The number of rotatable bonds is 2. The lowest BCUT2D eigenvalue weighted by atomic mass is 9.90. The maximum absolute atomic E-state index is 2.29. The highest BCUT2D eigenvalue weighted by Crippen LogP contribution is 2.23. The van der Waals surface area contributed by atoms with Gasteiger partial charge in [0, 0.05) is 0 Å². The van der Waals surface area contributed by atoms with Crippen molar-refractivity contribution >= 4 is 0 Å². The predicted molar refractivity (Wildman–Crippen MR) is 65.8 cm³/mol. The van der Waals surface area contributed by atoms with E-state index in [-0.39, 0.29) is 0 Å². The largest absolute Gasteiger partial charge is 0.0683 e. The minimum absolute atomic E-state index is 0.672. The second-order valence-corrected chi connectivity index (χ2v) is 3.94. The highest BCUT2D eigenvalue weighted by Gasteiger charge is 2.08. The van der Waals surface area contributed by atoms with Gasteiger partial charge in [0.05, 0.1) is 0 Å². The van der Waals surface area contributed by atoms with Crippen LogP contribution in [0.25, 0.3) is 0 Å². The third-order valence-corrected chi connectivity index (χ3v) is 2.60. The summed E-state index contributed by atoms with van der Waals surface area (Å²) in [5.74, 6) is 1.40. The van der Waals surface area contributed by atoms with E-state index in [1.54, 1.807) is 0 Å². The van der Waals surface area contributed by atoms with Gasteiger partial charge >= 0.3 is 0 Å². The van der Waals surface area contributed by atoms with Crippen LogP contribution < -0.4 is 0 Å². The lowest BCUT2D eigenvalue weighted by Gasteiger charge is -2.15. The summed E-state index contributed by atoms with van der Waals surface area (Å²) in [5.41, 5.74) is 2.80. The molecule has 0 aliphatic carbocycles. The Morgan fingerprint density at radius 1 is 0.857 bits per heavy atom. The first-order chi connectivity index (χ1) is 6.61. The van der Waals surface area contributed by atoms with Gasteiger partial charge in [-0.05, 0) is 24.3 Å². The number of hydrogen-bond acceptors (Lipinski definition) is 0. The Morgan fingerprint density at radius 2 is 1.29 bits per heavy atom. The van der Waals surface area contributed by atoms with E-state index < -0.39 is 0 Å². The van der Waals surface area contributed by atoms with Gasteiger partial charge in [-0.3, -0.25) is 0 Å². The van der Waals surface area contributed by atoms with Crippen molar-refractivity contribution in [1.82, 2.24) is 0 Å². The van der Waals surface area contributed by atoms with Gasteiger partial charge in [-0.15, -0.1) is 0 Å². The fourth-order valence-electron chi connectivity index (χ4n) is 1.25. The molecule has 0 spiro atoms. The standard InChI is InChI=1S/C12H18.C2H6/c1-9(2)11(4)12-7-5-10(3)6-8-12;1-2/h5-9,11H,1-4H3;1-2H3. The Morgan fingerprint density at radius 3 is 1.64 bits per heavy atom. The maximum atomic E-state index is 2.29. The fraction of sp³-hybridized carbons (Fsp3) is 0.571. The fourth-order valence-corrected chi connectivity index (χ4v) is 1.25. The van der Waals surface area contributed by atoms with Crippen LogP contribution in [0.3, 0.4) is 0 Å². The van der Waals surface area contributed by atoms with E-state index in [1.165, 1.54) is 11.1 Å². The summed E-state index contributed by atoms with van der Waals surface area (Å²) in [4.78, 5) is 0. The van der Waals surface area contributed by atoms with E-state index >= 15 is 0 Å². The van der Waals surface area contributed by atoms with Crippen molar-refractivity contribution in [2.45, 2.75) is 47.5 Å². The van der Waals surface area contributed by atoms with E-state index in [2.05, 4.69) is 52.0 Å². The third-order valence-electron chi connectivity index (χ3n) is 2.60. The SMILES string of the molecule is CC.Cc1ccc(C(C)C(C)C)cc1. The molecule has 1 aromatic carbocycles. The Kier molecular flexibility index (Phi) is 6.27. The summed E-state index contributed by atoms with van der Waals surface area (Å²) in [6.45, 7) is 13.0. The van der Waals surface area contributed by atoms with Crippen molar-refractivity contribution in [1.29, 1.82) is 0 Å². The average molecular weight is 192 g/mol. The predicted octanol–water partition coefficient (Wildman–Crippen LogP) is 4.78. The molecule has 1 rings (SSSR count). The van der Waals surface area contributed by atoms with Crippen LogP contribution in [0.1, 0.15) is 51.7 Å². The van der Waals surface area contributed by atoms with Crippen LogP contribution in [-0.4, -0.2) is 0 Å². The molecule has 0 aliphatic rings. The zero-order chi connectivity index (χ0) is 11.1. The molecule has 1 unspecified atom stereocenters. The van der Waals surface area contributed by atoms with Crippen molar-refractivity contribution < 1.29 is 0 Å². The molecule has 0 saturated carbocycles. The smallest absolute Gasteiger partial charge is 0.0167 e. The molecular weight excluding hydrogens is 168 g/mol. The second-order valence-electron chi connectivity index (χ2n) is 3.94. The van der Waals surface area contributed by atoms with Gasteiger partial charge in [0.1, 0.15) is 0 Å². The van der Waals surface area contributed by atoms with Gasteiger partial charge in [0.15, 0.2) is 0 Å². The Hall–Kier alpha value is -0.780. The van der Waals surface area contributed by atoms with E-state index in [1.807, 2.05) is 13.8 Å². The summed E-state index contributed by atoms with van der Waals surface area (Å²) >= 11 is 0. The van der Waals surface area contributed by atoms with Crippen LogP contribution in [0.15, 0.2) is 24.3 Å². The molecule has 0 bridgehead atoms. The molecule has 80 valence electrons. The first-order valence-corrected chi connectivity index (χ1v) is 5.68. The molecule has 0 radical (unpaired) electrons. The summed E-state index contributed by atoms with van der Waals surface area (Å²) in [5, 5.41) is 0. The Labute approximate surface area is 89.4 Å². The number of hydrogen-bond donors (Lipinski definition) is 0.